The monoisotopic (exact) mass is 418 g/mol. The van der Waals surface area contributed by atoms with Gasteiger partial charge in [-0.15, -0.1) is 0 Å². The maximum absolute atomic E-state index is 13.1. The molecule has 1 N–H and O–H groups in total. The van der Waals surface area contributed by atoms with E-state index in [1.54, 1.807) is 26.2 Å². The second-order valence-corrected chi connectivity index (χ2v) is 9.16. The number of anilines is 1. The zero-order valence-corrected chi connectivity index (χ0v) is 18.7. The predicted octanol–water partition coefficient (Wildman–Crippen LogP) is 3.73. The minimum Gasteiger partial charge on any atom is -0.496 e. The Morgan fingerprint density at radius 3 is 2.24 bits per heavy atom. The topological polar surface area (TPSA) is 75.7 Å². The average molecular weight is 419 g/mol. The fourth-order valence-corrected chi connectivity index (χ4v) is 4.75. The summed E-state index contributed by atoms with van der Waals surface area (Å²) in [4.78, 5) is 13.1. The van der Waals surface area contributed by atoms with Crippen molar-refractivity contribution in [3.63, 3.8) is 0 Å². The number of benzene rings is 2. The Bertz CT molecular complexity index is 952. The van der Waals surface area contributed by atoms with Gasteiger partial charge in [-0.1, -0.05) is 31.2 Å². The molecular formula is C22H30N2O4S. The van der Waals surface area contributed by atoms with Crippen LogP contribution < -0.4 is 14.4 Å². The van der Waals surface area contributed by atoms with Crippen molar-refractivity contribution in [2.24, 2.45) is 0 Å². The fourth-order valence-electron chi connectivity index (χ4n) is 3.55. The summed E-state index contributed by atoms with van der Waals surface area (Å²) in [7, 11) is -2.10. The van der Waals surface area contributed by atoms with E-state index in [1.807, 2.05) is 51.1 Å². The van der Waals surface area contributed by atoms with Crippen LogP contribution in [0.1, 0.15) is 43.0 Å². The minimum atomic E-state index is -3.67. The molecule has 0 saturated heterocycles. The third-order valence-electron chi connectivity index (χ3n) is 4.75. The molecular weight excluding hydrogens is 388 g/mol. The van der Waals surface area contributed by atoms with Gasteiger partial charge in [-0.25, -0.2) is 8.42 Å². The number of amides is 1. The van der Waals surface area contributed by atoms with Crippen LogP contribution in [0.15, 0.2) is 42.5 Å². The molecule has 0 aliphatic carbocycles. The Kier molecular flexibility index (Phi) is 7.30. The van der Waals surface area contributed by atoms with Gasteiger partial charge in [0.2, 0.25) is 15.9 Å². The van der Waals surface area contributed by atoms with Crippen molar-refractivity contribution in [2.45, 2.75) is 46.2 Å². The van der Waals surface area contributed by atoms with Gasteiger partial charge in [0.15, 0.2) is 0 Å². The lowest BCUT2D eigenvalue weighted by Gasteiger charge is -2.31. The molecule has 7 heteroatoms. The van der Waals surface area contributed by atoms with E-state index in [4.69, 9.17) is 4.74 Å². The lowest BCUT2D eigenvalue weighted by molar-refractivity contribution is -0.122. The summed E-state index contributed by atoms with van der Waals surface area (Å²) in [6, 6.07) is 11.8. The van der Waals surface area contributed by atoms with Crippen molar-refractivity contribution >= 4 is 21.6 Å². The third kappa shape index (κ3) is 5.50. The summed E-state index contributed by atoms with van der Waals surface area (Å²) in [5.41, 5.74) is 3.20. The highest BCUT2D eigenvalue weighted by Crippen LogP contribution is 2.27. The van der Waals surface area contributed by atoms with Gasteiger partial charge in [-0.3, -0.25) is 9.10 Å². The fraction of sp³-hybridized carbons (Fsp3) is 0.409. The van der Waals surface area contributed by atoms with Crippen LogP contribution in [-0.2, 0) is 14.8 Å². The third-order valence-corrected chi connectivity index (χ3v) is 5.93. The van der Waals surface area contributed by atoms with Crippen LogP contribution in [0.25, 0.3) is 0 Å². The molecule has 2 rings (SSSR count). The molecule has 0 heterocycles. The normalized spacial score (nSPS) is 13.4. The Hall–Kier alpha value is -2.54. The Labute approximate surface area is 173 Å². The molecule has 6 nitrogen and oxygen atoms in total. The van der Waals surface area contributed by atoms with Crippen molar-refractivity contribution in [3.05, 3.63) is 59.2 Å². The molecule has 1 amide bonds. The first-order chi connectivity index (χ1) is 13.6. The van der Waals surface area contributed by atoms with E-state index < -0.39 is 16.1 Å². The van der Waals surface area contributed by atoms with E-state index >= 15 is 0 Å². The van der Waals surface area contributed by atoms with Crippen LogP contribution in [0.5, 0.6) is 5.75 Å². The number of sulfonamides is 1. The summed E-state index contributed by atoms with van der Waals surface area (Å²) in [6.07, 6.45) is 1.47. The highest BCUT2D eigenvalue weighted by atomic mass is 32.2. The van der Waals surface area contributed by atoms with E-state index in [0.717, 1.165) is 22.9 Å². The lowest BCUT2D eigenvalue weighted by Crippen LogP contribution is -2.49. The number of nitrogens with zero attached hydrogens (tertiary/aromatic N) is 1. The molecule has 2 aromatic rings. The van der Waals surface area contributed by atoms with Gasteiger partial charge >= 0.3 is 0 Å². The molecule has 29 heavy (non-hydrogen) atoms. The largest absolute Gasteiger partial charge is 0.496 e. The Balaban J connectivity index is 2.38. The van der Waals surface area contributed by atoms with Crippen molar-refractivity contribution in [1.82, 2.24) is 5.32 Å². The molecule has 0 radical (unpaired) electrons. The molecule has 0 fully saturated rings. The highest BCUT2D eigenvalue weighted by Gasteiger charge is 2.32. The van der Waals surface area contributed by atoms with Gasteiger partial charge in [-0.2, -0.15) is 0 Å². The summed E-state index contributed by atoms with van der Waals surface area (Å²) in [6.45, 7) is 7.46. The first kappa shape index (κ1) is 22.7. The van der Waals surface area contributed by atoms with E-state index in [9.17, 15) is 13.2 Å². The SMILES string of the molecule is CC[C@@H](C(=O)N[C@@H](C)c1ccccc1OC)N(c1cc(C)cc(C)c1)S(C)(=O)=O. The smallest absolute Gasteiger partial charge is 0.244 e. The number of carbonyl (C=O) groups excluding carboxylic acids is 1. The number of hydrogen-bond donors (Lipinski definition) is 1. The zero-order chi connectivity index (χ0) is 21.8. The maximum Gasteiger partial charge on any atom is 0.244 e. The molecule has 2 atom stereocenters. The number of methoxy groups -OCH3 is 1. The number of carbonyl (C=O) groups is 1. The molecule has 0 spiro atoms. The molecule has 158 valence electrons. The highest BCUT2D eigenvalue weighted by molar-refractivity contribution is 7.92. The van der Waals surface area contributed by atoms with E-state index in [0.29, 0.717) is 17.9 Å². The molecule has 0 aliphatic rings. The van der Waals surface area contributed by atoms with Crippen LogP contribution in [0.3, 0.4) is 0 Å². The molecule has 0 aliphatic heterocycles. The first-order valence-electron chi connectivity index (χ1n) is 9.59. The summed E-state index contributed by atoms with van der Waals surface area (Å²) >= 11 is 0. The second kappa shape index (κ2) is 9.31. The van der Waals surface area contributed by atoms with Gasteiger partial charge < -0.3 is 10.1 Å². The molecule has 0 aromatic heterocycles. The van der Waals surface area contributed by atoms with Crippen LogP contribution in [-0.4, -0.2) is 33.7 Å². The zero-order valence-electron chi connectivity index (χ0n) is 17.9. The number of aryl methyl sites for hydroxylation is 2. The standard InChI is InChI=1S/C22H30N2O4S/c1-7-20(22(25)23-17(4)19-10-8-9-11-21(19)28-5)24(29(6,26)27)18-13-15(2)12-16(3)14-18/h8-14,17,20H,7H2,1-6H3,(H,23,25)/t17-,20-/m0/s1. The number of rotatable bonds is 8. The summed E-state index contributed by atoms with van der Waals surface area (Å²) in [5, 5.41) is 2.95. The first-order valence-corrected chi connectivity index (χ1v) is 11.4. The van der Waals surface area contributed by atoms with Crippen LogP contribution >= 0.6 is 0 Å². The predicted molar refractivity (Wildman–Crippen MR) is 117 cm³/mol. The van der Waals surface area contributed by atoms with Crippen molar-refractivity contribution < 1.29 is 17.9 Å². The molecule has 0 unspecified atom stereocenters. The number of nitrogens with one attached hydrogen (secondary N) is 1. The van der Waals surface area contributed by atoms with Gasteiger partial charge in [-0.05, 0) is 56.5 Å². The van der Waals surface area contributed by atoms with Gasteiger partial charge in [0, 0.05) is 5.56 Å². The molecule has 0 bridgehead atoms. The number of ether oxygens (including phenoxy) is 1. The second-order valence-electron chi connectivity index (χ2n) is 7.30. The lowest BCUT2D eigenvalue weighted by atomic mass is 10.1. The minimum absolute atomic E-state index is 0.338. The molecule has 0 saturated carbocycles. The van der Waals surface area contributed by atoms with Gasteiger partial charge in [0.05, 0.1) is 25.1 Å². The average Bonchev–Trinajstić information content (AvgIpc) is 2.63. The van der Waals surface area contributed by atoms with Gasteiger partial charge in [0.25, 0.3) is 0 Å². The molecule has 2 aromatic carbocycles. The quantitative estimate of drug-likeness (QED) is 0.709. The Morgan fingerprint density at radius 1 is 1.14 bits per heavy atom. The Morgan fingerprint density at radius 2 is 1.72 bits per heavy atom. The van der Waals surface area contributed by atoms with Crippen LogP contribution in [0.4, 0.5) is 5.69 Å². The van der Waals surface area contributed by atoms with Crippen molar-refractivity contribution in [3.8, 4) is 5.75 Å². The van der Waals surface area contributed by atoms with Crippen LogP contribution in [0.2, 0.25) is 0 Å². The number of hydrogen-bond acceptors (Lipinski definition) is 4. The van der Waals surface area contributed by atoms with Crippen molar-refractivity contribution in [2.75, 3.05) is 17.7 Å². The van der Waals surface area contributed by atoms with E-state index in [2.05, 4.69) is 5.32 Å². The maximum atomic E-state index is 13.1. The van der Waals surface area contributed by atoms with E-state index in [-0.39, 0.29) is 11.9 Å². The summed E-state index contributed by atoms with van der Waals surface area (Å²) in [5.74, 6) is 0.318. The van der Waals surface area contributed by atoms with E-state index in [1.165, 1.54) is 4.31 Å². The van der Waals surface area contributed by atoms with Gasteiger partial charge in [0.1, 0.15) is 11.8 Å². The summed E-state index contributed by atoms with van der Waals surface area (Å²) < 4.78 is 31.9. The van der Waals surface area contributed by atoms with Crippen molar-refractivity contribution in [1.29, 1.82) is 0 Å². The van der Waals surface area contributed by atoms with Crippen LogP contribution in [0, 0.1) is 13.8 Å². The number of para-hydroxylation sites is 1.